The molecule has 0 spiro atoms. The van der Waals surface area contributed by atoms with E-state index in [0.717, 1.165) is 17.7 Å². The monoisotopic (exact) mass is 338 g/mol. The summed E-state index contributed by atoms with van der Waals surface area (Å²) in [5, 5.41) is 6.06. The molecule has 25 heavy (non-hydrogen) atoms. The van der Waals surface area contributed by atoms with Gasteiger partial charge in [-0.15, -0.1) is 0 Å². The van der Waals surface area contributed by atoms with Gasteiger partial charge < -0.3 is 13.8 Å². The van der Waals surface area contributed by atoms with Crippen molar-refractivity contribution in [1.29, 1.82) is 0 Å². The lowest BCUT2D eigenvalue weighted by molar-refractivity contribution is 0.0981. The largest absolute Gasteiger partial charge is 0.431 e. The SMILES string of the molecule is Cc1cc(C(=O)Nc2nc(C(=O)N3CCc4ccccc43)co2)no1. The molecule has 0 atom stereocenters. The zero-order valence-electron chi connectivity index (χ0n) is 13.4. The number of aryl methyl sites for hydroxylation is 1. The number of nitrogens with one attached hydrogen (secondary N) is 1. The standard InChI is InChI=1S/C17H14N4O4/c1-10-8-12(20-25-10)15(22)19-17-18-13(9-24-17)16(23)21-7-6-11-4-2-3-5-14(11)21/h2-5,8-9H,6-7H2,1H3,(H,18,19,22). The molecule has 1 aliphatic rings. The molecule has 8 nitrogen and oxygen atoms in total. The fourth-order valence-electron chi connectivity index (χ4n) is 2.75. The number of carbonyl (C=O) groups is 2. The Balaban J connectivity index is 1.50. The molecule has 0 saturated heterocycles. The highest BCUT2D eigenvalue weighted by atomic mass is 16.5. The second-order valence-electron chi connectivity index (χ2n) is 5.65. The van der Waals surface area contributed by atoms with Gasteiger partial charge in [-0.2, -0.15) is 4.98 Å². The molecule has 0 saturated carbocycles. The Kier molecular flexibility index (Phi) is 3.57. The van der Waals surface area contributed by atoms with E-state index < -0.39 is 5.91 Å². The Morgan fingerprint density at radius 1 is 1.24 bits per heavy atom. The third-order valence-corrected chi connectivity index (χ3v) is 3.94. The quantitative estimate of drug-likeness (QED) is 0.787. The molecule has 3 heterocycles. The molecule has 2 amide bonds. The fourth-order valence-corrected chi connectivity index (χ4v) is 2.75. The molecule has 126 valence electrons. The molecule has 2 aromatic heterocycles. The normalized spacial score (nSPS) is 12.9. The second kappa shape index (κ2) is 5.90. The number of rotatable bonds is 3. The lowest BCUT2D eigenvalue weighted by Crippen LogP contribution is -2.29. The molecular formula is C17H14N4O4. The smallest absolute Gasteiger partial charge is 0.302 e. The van der Waals surface area contributed by atoms with Gasteiger partial charge in [0.25, 0.3) is 11.8 Å². The van der Waals surface area contributed by atoms with Crippen LogP contribution in [0.5, 0.6) is 0 Å². The Labute approximate surface area is 142 Å². The number of nitrogens with zero attached hydrogens (tertiary/aromatic N) is 3. The van der Waals surface area contributed by atoms with Crippen LogP contribution in [-0.4, -0.2) is 28.5 Å². The van der Waals surface area contributed by atoms with Gasteiger partial charge in [-0.05, 0) is 25.0 Å². The van der Waals surface area contributed by atoms with Gasteiger partial charge in [0.05, 0.1) is 0 Å². The molecule has 0 fully saturated rings. The van der Waals surface area contributed by atoms with Crippen LogP contribution in [0.2, 0.25) is 0 Å². The summed E-state index contributed by atoms with van der Waals surface area (Å²) in [6.45, 7) is 2.27. The number of oxazole rings is 1. The summed E-state index contributed by atoms with van der Waals surface area (Å²) in [7, 11) is 0. The van der Waals surface area contributed by atoms with E-state index in [4.69, 9.17) is 8.94 Å². The van der Waals surface area contributed by atoms with Crippen molar-refractivity contribution in [2.45, 2.75) is 13.3 Å². The van der Waals surface area contributed by atoms with E-state index in [2.05, 4.69) is 15.5 Å². The lowest BCUT2D eigenvalue weighted by Gasteiger charge is -2.15. The van der Waals surface area contributed by atoms with Crippen LogP contribution in [0.25, 0.3) is 0 Å². The van der Waals surface area contributed by atoms with Crippen LogP contribution in [0.3, 0.4) is 0 Å². The topological polar surface area (TPSA) is 101 Å². The fraction of sp³-hybridized carbons (Fsp3) is 0.176. The average molecular weight is 338 g/mol. The van der Waals surface area contributed by atoms with E-state index in [1.54, 1.807) is 11.8 Å². The minimum atomic E-state index is -0.524. The first-order valence-corrected chi connectivity index (χ1v) is 7.72. The third-order valence-electron chi connectivity index (χ3n) is 3.94. The molecule has 0 bridgehead atoms. The molecule has 1 N–H and O–H groups in total. The number of hydrogen-bond acceptors (Lipinski definition) is 6. The minimum Gasteiger partial charge on any atom is -0.431 e. The van der Waals surface area contributed by atoms with Crippen molar-refractivity contribution in [2.75, 3.05) is 16.8 Å². The van der Waals surface area contributed by atoms with Gasteiger partial charge in [0.15, 0.2) is 11.4 Å². The van der Waals surface area contributed by atoms with Crippen molar-refractivity contribution in [3.05, 3.63) is 59.3 Å². The van der Waals surface area contributed by atoms with Crippen molar-refractivity contribution in [1.82, 2.24) is 10.1 Å². The summed E-state index contributed by atoms with van der Waals surface area (Å²) < 4.78 is 10.0. The minimum absolute atomic E-state index is 0.0681. The molecule has 0 radical (unpaired) electrons. The van der Waals surface area contributed by atoms with E-state index in [1.165, 1.54) is 12.3 Å². The van der Waals surface area contributed by atoms with Crippen LogP contribution in [-0.2, 0) is 6.42 Å². The van der Waals surface area contributed by atoms with Crippen LogP contribution in [0.1, 0.15) is 32.3 Å². The van der Waals surface area contributed by atoms with Crippen molar-refractivity contribution >= 4 is 23.5 Å². The first-order chi connectivity index (χ1) is 12.1. The van der Waals surface area contributed by atoms with E-state index in [9.17, 15) is 9.59 Å². The molecular weight excluding hydrogens is 324 g/mol. The van der Waals surface area contributed by atoms with Crippen LogP contribution in [0, 0.1) is 6.92 Å². The Hall–Kier alpha value is -3.42. The van der Waals surface area contributed by atoms with Crippen LogP contribution >= 0.6 is 0 Å². The second-order valence-corrected chi connectivity index (χ2v) is 5.65. The van der Waals surface area contributed by atoms with Crippen molar-refractivity contribution in [2.24, 2.45) is 0 Å². The number of benzene rings is 1. The Bertz CT molecular complexity index is 959. The summed E-state index contributed by atoms with van der Waals surface area (Å²) in [5.74, 6) is -0.281. The summed E-state index contributed by atoms with van der Waals surface area (Å²) in [6, 6.07) is 9.15. The van der Waals surface area contributed by atoms with Crippen molar-refractivity contribution in [3.8, 4) is 0 Å². The van der Waals surface area contributed by atoms with E-state index in [0.29, 0.717) is 12.3 Å². The maximum absolute atomic E-state index is 12.6. The number of amides is 2. The van der Waals surface area contributed by atoms with Crippen molar-refractivity contribution in [3.63, 3.8) is 0 Å². The van der Waals surface area contributed by atoms with Crippen LogP contribution in [0.15, 0.2) is 45.5 Å². The molecule has 8 heteroatoms. The number of aromatic nitrogens is 2. The Morgan fingerprint density at radius 2 is 2.08 bits per heavy atom. The van der Waals surface area contributed by atoms with E-state index in [1.807, 2.05) is 24.3 Å². The molecule has 4 rings (SSSR count). The summed E-state index contributed by atoms with van der Waals surface area (Å²) in [5.41, 5.74) is 2.23. The summed E-state index contributed by atoms with van der Waals surface area (Å²) in [4.78, 5) is 30.3. The third kappa shape index (κ3) is 2.78. The van der Waals surface area contributed by atoms with E-state index >= 15 is 0 Å². The zero-order chi connectivity index (χ0) is 17.4. The van der Waals surface area contributed by atoms with Crippen molar-refractivity contribution < 1.29 is 18.5 Å². The highest BCUT2D eigenvalue weighted by molar-refractivity contribution is 6.06. The maximum Gasteiger partial charge on any atom is 0.302 e. The zero-order valence-corrected chi connectivity index (χ0v) is 13.4. The highest BCUT2D eigenvalue weighted by Crippen LogP contribution is 2.28. The van der Waals surface area contributed by atoms with E-state index in [-0.39, 0.29) is 23.3 Å². The molecule has 1 aliphatic heterocycles. The number of anilines is 2. The number of hydrogen-bond donors (Lipinski definition) is 1. The summed E-state index contributed by atoms with van der Waals surface area (Å²) >= 11 is 0. The van der Waals surface area contributed by atoms with Gasteiger partial charge in [0.2, 0.25) is 0 Å². The summed E-state index contributed by atoms with van der Waals surface area (Å²) in [6.07, 6.45) is 2.03. The van der Waals surface area contributed by atoms with Gasteiger partial charge in [-0.1, -0.05) is 23.4 Å². The highest BCUT2D eigenvalue weighted by Gasteiger charge is 2.27. The molecule has 3 aromatic rings. The Morgan fingerprint density at radius 3 is 2.88 bits per heavy atom. The first kappa shape index (κ1) is 15.1. The van der Waals surface area contributed by atoms with Gasteiger partial charge in [-0.3, -0.25) is 14.9 Å². The lowest BCUT2D eigenvalue weighted by atomic mass is 10.2. The predicted molar refractivity (Wildman–Crippen MR) is 87.5 cm³/mol. The molecule has 1 aromatic carbocycles. The molecule has 0 aliphatic carbocycles. The number of carbonyl (C=O) groups excluding carboxylic acids is 2. The molecule has 0 unspecified atom stereocenters. The predicted octanol–water partition coefficient (Wildman–Crippen LogP) is 2.43. The maximum atomic E-state index is 12.6. The van der Waals surface area contributed by atoms with Gasteiger partial charge in [0, 0.05) is 18.3 Å². The van der Waals surface area contributed by atoms with Crippen LogP contribution in [0.4, 0.5) is 11.7 Å². The van der Waals surface area contributed by atoms with Gasteiger partial charge in [-0.25, -0.2) is 0 Å². The average Bonchev–Trinajstić information content (AvgIpc) is 3.33. The van der Waals surface area contributed by atoms with Gasteiger partial charge in [0.1, 0.15) is 12.0 Å². The number of fused-ring (bicyclic) bond motifs is 1. The first-order valence-electron chi connectivity index (χ1n) is 7.72. The van der Waals surface area contributed by atoms with Crippen LogP contribution < -0.4 is 10.2 Å². The van der Waals surface area contributed by atoms with Gasteiger partial charge >= 0.3 is 6.01 Å². The number of para-hydroxylation sites is 1.